The van der Waals surface area contributed by atoms with Crippen molar-refractivity contribution in [3.63, 3.8) is 0 Å². The minimum atomic E-state index is 0.487. The molecular weight excluding hydrogens is 244 g/mol. The fraction of sp³-hybridized carbons (Fsp3) is 0.333. The van der Waals surface area contributed by atoms with Crippen molar-refractivity contribution in [2.75, 3.05) is 26.2 Å². The summed E-state index contributed by atoms with van der Waals surface area (Å²) in [4.78, 5) is 2.56. The molecule has 1 aliphatic heterocycles. The first kappa shape index (κ1) is 13.3. The SMILES string of the molecule is C[C@H](c1cccc(-c2ccccc2)c1)N1CCNCC1. The van der Waals surface area contributed by atoms with Crippen LogP contribution in [0.3, 0.4) is 0 Å². The van der Waals surface area contributed by atoms with Crippen molar-refractivity contribution >= 4 is 0 Å². The van der Waals surface area contributed by atoms with Crippen LogP contribution in [-0.4, -0.2) is 31.1 Å². The van der Waals surface area contributed by atoms with Crippen LogP contribution in [0.1, 0.15) is 18.5 Å². The zero-order valence-corrected chi connectivity index (χ0v) is 12.0. The largest absolute Gasteiger partial charge is 0.314 e. The Hall–Kier alpha value is -1.64. The van der Waals surface area contributed by atoms with E-state index in [1.807, 2.05) is 0 Å². The Morgan fingerprint density at radius 3 is 2.35 bits per heavy atom. The van der Waals surface area contributed by atoms with E-state index >= 15 is 0 Å². The van der Waals surface area contributed by atoms with Crippen LogP contribution in [0.2, 0.25) is 0 Å². The number of hydrogen-bond donors (Lipinski definition) is 1. The Bertz CT molecular complexity index is 544. The zero-order chi connectivity index (χ0) is 13.8. The van der Waals surface area contributed by atoms with Gasteiger partial charge >= 0.3 is 0 Å². The smallest absolute Gasteiger partial charge is 0.0321 e. The molecule has 2 heteroatoms. The molecule has 20 heavy (non-hydrogen) atoms. The summed E-state index contributed by atoms with van der Waals surface area (Å²) in [5.41, 5.74) is 4.01. The number of nitrogens with one attached hydrogen (secondary N) is 1. The molecule has 2 nitrogen and oxygen atoms in total. The van der Waals surface area contributed by atoms with Crippen molar-refractivity contribution in [2.45, 2.75) is 13.0 Å². The number of benzene rings is 2. The van der Waals surface area contributed by atoms with E-state index < -0.39 is 0 Å². The monoisotopic (exact) mass is 266 g/mol. The van der Waals surface area contributed by atoms with Crippen LogP contribution in [0.15, 0.2) is 54.6 Å². The summed E-state index contributed by atoms with van der Waals surface area (Å²) >= 11 is 0. The molecule has 0 amide bonds. The van der Waals surface area contributed by atoms with Crippen LogP contribution in [0, 0.1) is 0 Å². The summed E-state index contributed by atoms with van der Waals surface area (Å²) in [7, 11) is 0. The van der Waals surface area contributed by atoms with Gasteiger partial charge < -0.3 is 5.32 Å². The minimum absolute atomic E-state index is 0.487. The van der Waals surface area contributed by atoms with E-state index in [4.69, 9.17) is 0 Å². The van der Waals surface area contributed by atoms with Gasteiger partial charge in [0.05, 0.1) is 0 Å². The maximum atomic E-state index is 3.42. The van der Waals surface area contributed by atoms with Gasteiger partial charge in [0.1, 0.15) is 0 Å². The van der Waals surface area contributed by atoms with Crippen molar-refractivity contribution < 1.29 is 0 Å². The van der Waals surface area contributed by atoms with E-state index in [0.29, 0.717) is 6.04 Å². The highest BCUT2D eigenvalue weighted by molar-refractivity contribution is 5.64. The van der Waals surface area contributed by atoms with Crippen LogP contribution in [0.25, 0.3) is 11.1 Å². The second-order valence-electron chi connectivity index (χ2n) is 5.45. The molecular formula is C18H22N2. The maximum absolute atomic E-state index is 3.42. The maximum Gasteiger partial charge on any atom is 0.0321 e. The van der Waals surface area contributed by atoms with Crippen molar-refractivity contribution in [3.8, 4) is 11.1 Å². The van der Waals surface area contributed by atoms with Crippen LogP contribution < -0.4 is 5.32 Å². The molecule has 0 spiro atoms. The molecule has 1 aliphatic rings. The van der Waals surface area contributed by atoms with Gasteiger partial charge in [0.25, 0.3) is 0 Å². The molecule has 3 rings (SSSR count). The first-order chi connectivity index (χ1) is 9.84. The highest BCUT2D eigenvalue weighted by Crippen LogP contribution is 2.26. The average molecular weight is 266 g/mol. The number of hydrogen-bond acceptors (Lipinski definition) is 2. The molecule has 1 N–H and O–H groups in total. The molecule has 1 atom stereocenters. The van der Waals surface area contributed by atoms with Gasteiger partial charge in [-0.15, -0.1) is 0 Å². The molecule has 2 aromatic rings. The Morgan fingerprint density at radius 2 is 1.60 bits per heavy atom. The highest BCUT2D eigenvalue weighted by Gasteiger charge is 2.17. The third-order valence-corrected chi connectivity index (χ3v) is 4.18. The van der Waals surface area contributed by atoms with Gasteiger partial charge in [0.2, 0.25) is 0 Å². The Morgan fingerprint density at radius 1 is 0.900 bits per heavy atom. The third-order valence-electron chi connectivity index (χ3n) is 4.18. The summed E-state index contributed by atoms with van der Waals surface area (Å²) in [6, 6.07) is 20.1. The number of rotatable bonds is 3. The quantitative estimate of drug-likeness (QED) is 0.917. The van der Waals surface area contributed by atoms with E-state index in [0.717, 1.165) is 26.2 Å². The molecule has 0 radical (unpaired) electrons. The van der Waals surface area contributed by atoms with Crippen LogP contribution in [0.4, 0.5) is 0 Å². The Kier molecular flexibility index (Phi) is 4.14. The molecule has 1 heterocycles. The van der Waals surface area contributed by atoms with Crippen molar-refractivity contribution in [1.82, 2.24) is 10.2 Å². The number of piperazine rings is 1. The fourth-order valence-corrected chi connectivity index (χ4v) is 2.89. The first-order valence-corrected chi connectivity index (χ1v) is 7.45. The fourth-order valence-electron chi connectivity index (χ4n) is 2.89. The van der Waals surface area contributed by atoms with Gasteiger partial charge in [-0.25, -0.2) is 0 Å². The summed E-state index contributed by atoms with van der Waals surface area (Å²) in [6.45, 7) is 6.79. The molecule has 0 aliphatic carbocycles. The highest BCUT2D eigenvalue weighted by atomic mass is 15.2. The Balaban J connectivity index is 1.83. The third kappa shape index (κ3) is 2.92. The predicted molar refractivity (Wildman–Crippen MR) is 84.7 cm³/mol. The molecule has 104 valence electrons. The van der Waals surface area contributed by atoms with Gasteiger partial charge in [0.15, 0.2) is 0 Å². The average Bonchev–Trinajstić information content (AvgIpc) is 2.56. The minimum Gasteiger partial charge on any atom is -0.314 e. The summed E-state index contributed by atoms with van der Waals surface area (Å²) in [5.74, 6) is 0. The molecule has 0 bridgehead atoms. The lowest BCUT2D eigenvalue weighted by Gasteiger charge is -2.33. The van der Waals surface area contributed by atoms with Gasteiger partial charge in [-0.05, 0) is 29.7 Å². The second-order valence-corrected chi connectivity index (χ2v) is 5.45. The second kappa shape index (κ2) is 6.21. The number of nitrogens with zero attached hydrogens (tertiary/aromatic N) is 1. The Labute approximate surface area is 121 Å². The van der Waals surface area contributed by atoms with Gasteiger partial charge in [0, 0.05) is 32.2 Å². The zero-order valence-electron chi connectivity index (χ0n) is 12.0. The summed E-state index contributed by atoms with van der Waals surface area (Å²) in [6.07, 6.45) is 0. The van der Waals surface area contributed by atoms with Crippen molar-refractivity contribution in [2.24, 2.45) is 0 Å². The topological polar surface area (TPSA) is 15.3 Å². The van der Waals surface area contributed by atoms with E-state index in [9.17, 15) is 0 Å². The van der Waals surface area contributed by atoms with E-state index in [1.54, 1.807) is 0 Å². The normalized spacial score (nSPS) is 17.9. The molecule has 1 fully saturated rings. The van der Waals surface area contributed by atoms with Gasteiger partial charge in [-0.2, -0.15) is 0 Å². The lowest BCUT2D eigenvalue weighted by atomic mass is 9.99. The molecule has 2 aromatic carbocycles. The van der Waals surface area contributed by atoms with Crippen LogP contribution in [0.5, 0.6) is 0 Å². The standard InChI is InChI=1S/C18H22N2/c1-15(20-12-10-19-11-13-20)17-8-5-9-18(14-17)16-6-3-2-4-7-16/h2-9,14-15,19H,10-13H2,1H3/t15-/m1/s1. The lowest BCUT2D eigenvalue weighted by Crippen LogP contribution is -2.44. The van der Waals surface area contributed by atoms with Gasteiger partial charge in [-0.3, -0.25) is 4.90 Å². The van der Waals surface area contributed by atoms with E-state index in [1.165, 1.54) is 16.7 Å². The van der Waals surface area contributed by atoms with E-state index in [2.05, 4.69) is 71.7 Å². The van der Waals surface area contributed by atoms with E-state index in [-0.39, 0.29) is 0 Å². The summed E-state index contributed by atoms with van der Waals surface area (Å²) < 4.78 is 0. The predicted octanol–water partition coefficient (Wildman–Crippen LogP) is 3.32. The molecule has 1 saturated heterocycles. The molecule has 0 aromatic heterocycles. The van der Waals surface area contributed by atoms with Gasteiger partial charge in [-0.1, -0.05) is 48.5 Å². The lowest BCUT2D eigenvalue weighted by molar-refractivity contribution is 0.185. The first-order valence-electron chi connectivity index (χ1n) is 7.45. The summed E-state index contributed by atoms with van der Waals surface area (Å²) in [5, 5.41) is 3.42. The molecule has 0 unspecified atom stereocenters. The van der Waals surface area contributed by atoms with Crippen LogP contribution >= 0.6 is 0 Å². The van der Waals surface area contributed by atoms with Crippen LogP contribution in [-0.2, 0) is 0 Å². The van der Waals surface area contributed by atoms with Crippen molar-refractivity contribution in [1.29, 1.82) is 0 Å². The van der Waals surface area contributed by atoms with Crippen molar-refractivity contribution in [3.05, 3.63) is 60.2 Å². The molecule has 0 saturated carbocycles.